The zero-order valence-corrected chi connectivity index (χ0v) is 12.0. The van der Waals surface area contributed by atoms with Gasteiger partial charge >= 0.3 is 0 Å². The fourth-order valence-electron chi connectivity index (χ4n) is 1.59. The van der Waals surface area contributed by atoms with Gasteiger partial charge in [0, 0.05) is 13.1 Å². The summed E-state index contributed by atoms with van der Waals surface area (Å²) in [7, 11) is 0. The molecule has 1 heterocycles. The van der Waals surface area contributed by atoms with E-state index in [1.807, 2.05) is 6.07 Å². The lowest BCUT2D eigenvalue weighted by Crippen LogP contribution is -2.20. The van der Waals surface area contributed by atoms with E-state index in [9.17, 15) is 9.50 Å². The molecule has 2 nitrogen and oxygen atoms in total. The summed E-state index contributed by atoms with van der Waals surface area (Å²) in [6.45, 7) is 1.15. The second-order valence-electron chi connectivity index (χ2n) is 3.96. The van der Waals surface area contributed by atoms with Crippen LogP contribution in [-0.2, 0) is 6.54 Å². The van der Waals surface area contributed by atoms with Crippen LogP contribution in [0.1, 0.15) is 17.2 Å². The molecular weight excluding hydrogens is 317 g/mol. The molecule has 1 aromatic carbocycles. The summed E-state index contributed by atoms with van der Waals surface area (Å²) in [5, 5.41) is 15.1. The largest absolute Gasteiger partial charge is 0.387 e. The van der Waals surface area contributed by atoms with Gasteiger partial charge in [-0.3, -0.25) is 0 Å². The van der Waals surface area contributed by atoms with Gasteiger partial charge in [0.2, 0.25) is 0 Å². The van der Waals surface area contributed by atoms with Gasteiger partial charge in [0.1, 0.15) is 5.82 Å². The highest BCUT2D eigenvalue weighted by atomic mass is 79.9. The van der Waals surface area contributed by atoms with Crippen molar-refractivity contribution in [3.8, 4) is 0 Å². The first-order chi connectivity index (χ1) is 8.65. The Morgan fingerprint density at radius 1 is 1.33 bits per heavy atom. The maximum Gasteiger partial charge on any atom is 0.123 e. The van der Waals surface area contributed by atoms with Crippen LogP contribution < -0.4 is 5.32 Å². The van der Waals surface area contributed by atoms with Gasteiger partial charge in [0.25, 0.3) is 0 Å². The van der Waals surface area contributed by atoms with Gasteiger partial charge in [-0.2, -0.15) is 0 Å². The molecule has 0 saturated heterocycles. The monoisotopic (exact) mass is 329 g/mol. The van der Waals surface area contributed by atoms with Crippen LogP contribution in [0.3, 0.4) is 0 Å². The number of hydrogen-bond acceptors (Lipinski definition) is 3. The quantitative estimate of drug-likeness (QED) is 0.880. The number of rotatable bonds is 5. The molecule has 1 atom stereocenters. The molecular formula is C13H13BrFNOS. The van der Waals surface area contributed by atoms with Crippen LogP contribution in [0.2, 0.25) is 0 Å². The summed E-state index contributed by atoms with van der Waals surface area (Å²) < 4.78 is 13.8. The maximum atomic E-state index is 12.7. The highest BCUT2D eigenvalue weighted by Crippen LogP contribution is 2.20. The van der Waals surface area contributed by atoms with Gasteiger partial charge in [0.15, 0.2) is 0 Å². The van der Waals surface area contributed by atoms with Crippen molar-refractivity contribution in [2.75, 3.05) is 6.54 Å². The third kappa shape index (κ3) is 3.88. The summed E-state index contributed by atoms with van der Waals surface area (Å²) >= 11 is 5.04. The molecule has 1 aromatic heterocycles. The van der Waals surface area contributed by atoms with E-state index in [1.54, 1.807) is 23.5 Å². The van der Waals surface area contributed by atoms with Crippen LogP contribution in [-0.4, -0.2) is 11.7 Å². The summed E-state index contributed by atoms with van der Waals surface area (Å²) in [6, 6.07) is 7.96. The van der Waals surface area contributed by atoms with Crippen LogP contribution in [0, 0.1) is 5.82 Å². The summed E-state index contributed by atoms with van der Waals surface area (Å²) in [5.74, 6) is -0.290. The fourth-order valence-corrected chi connectivity index (χ4v) is 2.80. The minimum absolute atomic E-state index is 0.290. The second-order valence-corrected chi connectivity index (χ2v) is 6.25. The average Bonchev–Trinajstić information content (AvgIpc) is 2.76. The zero-order chi connectivity index (χ0) is 13.0. The van der Waals surface area contributed by atoms with Crippen LogP contribution in [0.5, 0.6) is 0 Å². The molecule has 18 heavy (non-hydrogen) atoms. The molecule has 0 radical (unpaired) electrons. The highest BCUT2D eigenvalue weighted by molar-refractivity contribution is 9.11. The van der Waals surface area contributed by atoms with Gasteiger partial charge in [-0.15, -0.1) is 11.3 Å². The van der Waals surface area contributed by atoms with Crippen molar-refractivity contribution in [2.24, 2.45) is 0 Å². The molecule has 0 aliphatic rings. The molecule has 2 aromatic rings. The lowest BCUT2D eigenvalue weighted by molar-refractivity contribution is 0.174. The molecule has 0 aliphatic carbocycles. The molecule has 2 rings (SSSR count). The van der Waals surface area contributed by atoms with Crippen molar-refractivity contribution < 1.29 is 9.50 Å². The van der Waals surface area contributed by atoms with Crippen molar-refractivity contribution >= 4 is 27.3 Å². The van der Waals surface area contributed by atoms with Gasteiger partial charge in [-0.25, -0.2) is 4.39 Å². The number of halogens is 2. The number of aliphatic hydroxyl groups is 1. The minimum atomic E-state index is -0.618. The van der Waals surface area contributed by atoms with E-state index in [4.69, 9.17) is 0 Å². The predicted octanol–water partition coefficient (Wildman–Crippen LogP) is 3.47. The Bertz CT molecular complexity index is 500. The van der Waals surface area contributed by atoms with E-state index in [0.717, 1.165) is 9.35 Å². The predicted molar refractivity (Wildman–Crippen MR) is 75.1 cm³/mol. The van der Waals surface area contributed by atoms with Crippen LogP contribution in [0.4, 0.5) is 4.39 Å². The van der Waals surface area contributed by atoms with Crippen LogP contribution >= 0.6 is 27.3 Å². The Morgan fingerprint density at radius 2 is 2.06 bits per heavy atom. The summed E-state index contributed by atoms with van der Waals surface area (Å²) in [6.07, 6.45) is -0.618. The molecule has 1 unspecified atom stereocenters. The second kappa shape index (κ2) is 6.43. The van der Waals surface area contributed by atoms with Crippen LogP contribution in [0.25, 0.3) is 0 Å². The summed E-state index contributed by atoms with van der Waals surface area (Å²) in [4.78, 5) is 0. The Hall–Kier alpha value is -0.750. The first-order valence-electron chi connectivity index (χ1n) is 5.52. The number of nitrogens with one attached hydrogen (secondary N) is 1. The van der Waals surface area contributed by atoms with E-state index in [0.29, 0.717) is 13.1 Å². The van der Waals surface area contributed by atoms with Crippen molar-refractivity contribution in [2.45, 2.75) is 12.6 Å². The molecule has 0 saturated carbocycles. The van der Waals surface area contributed by atoms with E-state index < -0.39 is 6.10 Å². The van der Waals surface area contributed by atoms with E-state index >= 15 is 0 Å². The first kappa shape index (κ1) is 13.7. The molecule has 0 spiro atoms. The third-order valence-electron chi connectivity index (χ3n) is 2.54. The average molecular weight is 330 g/mol. The number of thiophene rings is 1. The molecule has 0 bridgehead atoms. The van der Waals surface area contributed by atoms with Gasteiger partial charge in [-0.1, -0.05) is 12.1 Å². The molecule has 0 aliphatic heterocycles. The van der Waals surface area contributed by atoms with Crippen molar-refractivity contribution in [3.63, 3.8) is 0 Å². The lowest BCUT2D eigenvalue weighted by Gasteiger charge is -2.11. The Morgan fingerprint density at radius 3 is 2.67 bits per heavy atom. The van der Waals surface area contributed by atoms with Gasteiger partial charge in [-0.05, 0) is 50.6 Å². The summed E-state index contributed by atoms with van der Waals surface area (Å²) in [5.41, 5.74) is 1.90. The minimum Gasteiger partial charge on any atom is -0.387 e. The zero-order valence-electron chi connectivity index (χ0n) is 9.57. The molecule has 5 heteroatoms. The first-order valence-corrected chi connectivity index (χ1v) is 7.19. The number of benzene rings is 1. The van der Waals surface area contributed by atoms with E-state index in [-0.39, 0.29) is 5.82 Å². The standard InChI is InChI=1S/C13H13BrFNOS/c14-13-5-9(8-18-13)6-16-7-12(17)10-1-3-11(15)4-2-10/h1-5,8,12,16-17H,6-7H2. The topological polar surface area (TPSA) is 32.3 Å². The van der Waals surface area contributed by atoms with Gasteiger partial charge < -0.3 is 10.4 Å². The van der Waals surface area contributed by atoms with Crippen molar-refractivity contribution in [1.82, 2.24) is 5.32 Å². The normalized spacial score (nSPS) is 12.6. The van der Waals surface area contributed by atoms with Crippen LogP contribution in [0.15, 0.2) is 39.5 Å². The Balaban J connectivity index is 1.81. The van der Waals surface area contributed by atoms with E-state index in [2.05, 4.69) is 26.6 Å². The Kier molecular flexibility index (Phi) is 4.88. The number of aliphatic hydroxyl groups excluding tert-OH is 1. The third-order valence-corrected chi connectivity index (χ3v) is 4.10. The van der Waals surface area contributed by atoms with Crippen molar-refractivity contribution in [3.05, 3.63) is 56.4 Å². The lowest BCUT2D eigenvalue weighted by atomic mass is 10.1. The smallest absolute Gasteiger partial charge is 0.123 e. The molecule has 2 N–H and O–H groups in total. The van der Waals surface area contributed by atoms with Crippen molar-refractivity contribution in [1.29, 1.82) is 0 Å². The van der Waals surface area contributed by atoms with E-state index in [1.165, 1.54) is 17.7 Å². The molecule has 96 valence electrons. The Labute approximate surface area is 118 Å². The maximum absolute atomic E-state index is 12.7. The number of hydrogen-bond donors (Lipinski definition) is 2. The fraction of sp³-hybridized carbons (Fsp3) is 0.231. The van der Waals surface area contributed by atoms with Gasteiger partial charge in [0.05, 0.1) is 9.89 Å². The molecule has 0 fully saturated rings. The highest BCUT2D eigenvalue weighted by Gasteiger charge is 2.07. The molecule has 0 amide bonds. The SMILES string of the molecule is OC(CNCc1csc(Br)c1)c1ccc(F)cc1.